The van der Waals surface area contributed by atoms with Crippen LogP contribution < -0.4 is 5.32 Å². The molecule has 1 atom stereocenters. The molecular formula is C27H29NO. The highest BCUT2D eigenvalue weighted by atomic mass is 16.1. The Morgan fingerprint density at radius 1 is 0.793 bits per heavy atom. The molecule has 0 aromatic heterocycles. The molecule has 1 N–H and O–H groups in total. The van der Waals surface area contributed by atoms with E-state index in [4.69, 9.17) is 0 Å². The average molecular weight is 384 g/mol. The molecule has 2 nitrogen and oxygen atoms in total. The highest BCUT2D eigenvalue weighted by molar-refractivity contribution is 5.95. The fourth-order valence-corrected chi connectivity index (χ4v) is 3.25. The van der Waals surface area contributed by atoms with Crippen LogP contribution in [0, 0.1) is 5.92 Å². The van der Waals surface area contributed by atoms with Gasteiger partial charge in [0, 0.05) is 5.69 Å². The van der Waals surface area contributed by atoms with Crippen LogP contribution in [0.3, 0.4) is 0 Å². The SMILES string of the molecule is CC(C)Cc1ccc([C@H](C)C(=O)Nc2ccc(C=Cc3ccccc3)cc2)cc1. The summed E-state index contributed by atoms with van der Waals surface area (Å²) < 4.78 is 0. The van der Waals surface area contributed by atoms with Crippen molar-refractivity contribution in [2.75, 3.05) is 5.32 Å². The first kappa shape index (κ1) is 20.6. The molecule has 0 unspecified atom stereocenters. The zero-order valence-electron chi connectivity index (χ0n) is 17.4. The fourth-order valence-electron chi connectivity index (χ4n) is 3.25. The predicted molar refractivity (Wildman–Crippen MR) is 124 cm³/mol. The lowest BCUT2D eigenvalue weighted by Crippen LogP contribution is -2.18. The van der Waals surface area contributed by atoms with Crippen LogP contribution in [0.5, 0.6) is 0 Å². The summed E-state index contributed by atoms with van der Waals surface area (Å²) in [6.45, 7) is 6.38. The van der Waals surface area contributed by atoms with Gasteiger partial charge in [-0.25, -0.2) is 0 Å². The normalized spacial score (nSPS) is 12.3. The molecule has 1 amide bonds. The van der Waals surface area contributed by atoms with E-state index in [0.717, 1.165) is 28.8 Å². The average Bonchev–Trinajstić information content (AvgIpc) is 2.73. The van der Waals surface area contributed by atoms with Gasteiger partial charge in [0.25, 0.3) is 0 Å². The Hall–Kier alpha value is -3.13. The lowest BCUT2D eigenvalue weighted by Gasteiger charge is -2.14. The summed E-state index contributed by atoms with van der Waals surface area (Å²) in [4.78, 5) is 12.6. The molecule has 0 saturated carbocycles. The first-order chi connectivity index (χ1) is 14.0. The number of hydrogen-bond acceptors (Lipinski definition) is 1. The molecule has 3 rings (SSSR count). The van der Waals surface area contributed by atoms with E-state index >= 15 is 0 Å². The number of anilines is 1. The number of amides is 1. The van der Waals surface area contributed by atoms with Crippen LogP contribution >= 0.6 is 0 Å². The number of rotatable bonds is 7. The summed E-state index contributed by atoms with van der Waals surface area (Å²) in [6.07, 6.45) is 5.22. The summed E-state index contributed by atoms with van der Waals surface area (Å²) in [5, 5.41) is 3.02. The highest BCUT2D eigenvalue weighted by Crippen LogP contribution is 2.20. The van der Waals surface area contributed by atoms with Gasteiger partial charge in [-0.1, -0.05) is 92.7 Å². The maximum atomic E-state index is 12.6. The van der Waals surface area contributed by atoms with Gasteiger partial charge in [0.2, 0.25) is 5.91 Å². The van der Waals surface area contributed by atoms with Gasteiger partial charge < -0.3 is 5.32 Å². The van der Waals surface area contributed by atoms with E-state index in [1.165, 1.54) is 5.56 Å². The van der Waals surface area contributed by atoms with Crippen molar-refractivity contribution in [1.29, 1.82) is 0 Å². The molecule has 0 heterocycles. The number of hydrogen-bond donors (Lipinski definition) is 1. The first-order valence-electron chi connectivity index (χ1n) is 10.2. The minimum Gasteiger partial charge on any atom is -0.326 e. The van der Waals surface area contributed by atoms with E-state index in [2.05, 4.69) is 67.7 Å². The third kappa shape index (κ3) is 6.18. The summed E-state index contributed by atoms with van der Waals surface area (Å²) in [7, 11) is 0. The molecule has 0 radical (unpaired) electrons. The lowest BCUT2D eigenvalue weighted by atomic mass is 9.96. The monoisotopic (exact) mass is 383 g/mol. The third-order valence-corrected chi connectivity index (χ3v) is 4.96. The van der Waals surface area contributed by atoms with Crippen molar-refractivity contribution in [2.45, 2.75) is 33.1 Å². The zero-order chi connectivity index (χ0) is 20.6. The summed E-state index contributed by atoms with van der Waals surface area (Å²) >= 11 is 0. The summed E-state index contributed by atoms with van der Waals surface area (Å²) in [5.74, 6) is 0.446. The second-order valence-corrected chi connectivity index (χ2v) is 7.92. The molecular weight excluding hydrogens is 354 g/mol. The molecule has 3 aromatic rings. The van der Waals surface area contributed by atoms with Crippen LogP contribution in [0.1, 0.15) is 48.9 Å². The van der Waals surface area contributed by atoms with Gasteiger partial charge in [0.15, 0.2) is 0 Å². The molecule has 0 saturated heterocycles. The molecule has 0 aliphatic carbocycles. The second-order valence-electron chi connectivity index (χ2n) is 7.92. The molecule has 0 aliphatic rings. The van der Waals surface area contributed by atoms with Gasteiger partial charge in [0.1, 0.15) is 0 Å². The van der Waals surface area contributed by atoms with Crippen molar-refractivity contribution in [2.24, 2.45) is 5.92 Å². The Kier molecular flexibility index (Phi) is 7.02. The minimum atomic E-state index is -0.194. The first-order valence-corrected chi connectivity index (χ1v) is 10.2. The third-order valence-electron chi connectivity index (χ3n) is 4.96. The van der Waals surface area contributed by atoms with Gasteiger partial charge in [0.05, 0.1) is 5.92 Å². The second kappa shape index (κ2) is 9.88. The van der Waals surface area contributed by atoms with Crippen molar-refractivity contribution in [1.82, 2.24) is 0 Å². The number of carbonyl (C=O) groups is 1. The molecule has 2 heteroatoms. The predicted octanol–water partition coefficient (Wildman–Crippen LogP) is 6.80. The van der Waals surface area contributed by atoms with E-state index in [1.54, 1.807) is 0 Å². The Labute approximate surface area is 174 Å². The molecule has 0 fully saturated rings. The maximum absolute atomic E-state index is 12.6. The van der Waals surface area contributed by atoms with E-state index in [9.17, 15) is 4.79 Å². The molecule has 29 heavy (non-hydrogen) atoms. The Morgan fingerprint density at radius 3 is 1.97 bits per heavy atom. The fraction of sp³-hybridized carbons (Fsp3) is 0.222. The number of benzene rings is 3. The van der Waals surface area contributed by atoms with Crippen LogP contribution in [0.15, 0.2) is 78.9 Å². The van der Waals surface area contributed by atoms with Crippen LogP contribution in [0.4, 0.5) is 5.69 Å². The van der Waals surface area contributed by atoms with Crippen molar-refractivity contribution in [3.05, 3.63) is 101 Å². The van der Waals surface area contributed by atoms with Crippen LogP contribution in [0.2, 0.25) is 0 Å². The van der Waals surface area contributed by atoms with E-state index in [-0.39, 0.29) is 11.8 Å². The quantitative estimate of drug-likeness (QED) is 0.447. The van der Waals surface area contributed by atoms with E-state index in [1.807, 2.05) is 49.4 Å². The molecule has 148 valence electrons. The Bertz CT molecular complexity index is 938. The lowest BCUT2D eigenvalue weighted by molar-refractivity contribution is -0.117. The largest absolute Gasteiger partial charge is 0.326 e. The van der Waals surface area contributed by atoms with Crippen molar-refractivity contribution in [3.8, 4) is 0 Å². The Morgan fingerprint density at radius 2 is 1.38 bits per heavy atom. The van der Waals surface area contributed by atoms with Gasteiger partial charge in [-0.15, -0.1) is 0 Å². The van der Waals surface area contributed by atoms with Crippen molar-refractivity contribution in [3.63, 3.8) is 0 Å². The van der Waals surface area contributed by atoms with E-state index < -0.39 is 0 Å². The van der Waals surface area contributed by atoms with Gasteiger partial charge >= 0.3 is 0 Å². The smallest absolute Gasteiger partial charge is 0.231 e. The Balaban J connectivity index is 1.59. The van der Waals surface area contributed by atoms with Crippen molar-refractivity contribution < 1.29 is 4.79 Å². The van der Waals surface area contributed by atoms with Gasteiger partial charge in [-0.3, -0.25) is 4.79 Å². The van der Waals surface area contributed by atoms with Crippen LogP contribution in [-0.4, -0.2) is 5.91 Å². The van der Waals surface area contributed by atoms with Crippen LogP contribution in [0.25, 0.3) is 12.2 Å². The number of nitrogens with one attached hydrogen (secondary N) is 1. The van der Waals surface area contributed by atoms with Crippen molar-refractivity contribution >= 4 is 23.7 Å². The zero-order valence-corrected chi connectivity index (χ0v) is 17.4. The van der Waals surface area contributed by atoms with E-state index in [0.29, 0.717) is 5.92 Å². The molecule has 0 spiro atoms. The van der Waals surface area contributed by atoms with Gasteiger partial charge in [-0.05, 0) is 53.6 Å². The molecule has 3 aromatic carbocycles. The molecule has 0 aliphatic heterocycles. The van der Waals surface area contributed by atoms with Crippen LogP contribution in [-0.2, 0) is 11.2 Å². The standard InChI is InChI=1S/C27H29NO/c1-20(2)19-24-11-15-25(16-12-24)21(3)27(29)28-26-17-13-23(14-18-26)10-9-22-7-5-4-6-8-22/h4-18,20-21H,19H2,1-3H3,(H,28,29)/t21-/m0/s1. The molecule has 0 bridgehead atoms. The summed E-state index contributed by atoms with van der Waals surface area (Å²) in [5.41, 5.74) is 5.43. The topological polar surface area (TPSA) is 29.1 Å². The minimum absolute atomic E-state index is 0.00851. The summed E-state index contributed by atoms with van der Waals surface area (Å²) in [6, 6.07) is 26.5. The van der Waals surface area contributed by atoms with Gasteiger partial charge in [-0.2, -0.15) is 0 Å². The number of carbonyl (C=O) groups excluding carboxylic acids is 1. The highest BCUT2D eigenvalue weighted by Gasteiger charge is 2.15. The maximum Gasteiger partial charge on any atom is 0.231 e.